The summed E-state index contributed by atoms with van der Waals surface area (Å²) in [5.41, 5.74) is 5.58. The molecule has 1 rings (SSSR count). The third-order valence-electron chi connectivity index (χ3n) is 2.35. The molecule has 1 atom stereocenters. The summed E-state index contributed by atoms with van der Waals surface area (Å²) in [5, 5.41) is 0.571. The van der Waals surface area contributed by atoms with Gasteiger partial charge in [-0.2, -0.15) is 0 Å². The number of nitrogens with two attached hydrogens (primary N) is 1. The van der Waals surface area contributed by atoms with E-state index < -0.39 is 0 Å². The van der Waals surface area contributed by atoms with Crippen molar-refractivity contribution in [2.75, 3.05) is 6.54 Å². The Kier molecular flexibility index (Phi) is 2.71. The highest BCUT2D eigenvalue weighted by Crippen LogP contribution is 2.22. The molecule has 0 spiro atoms. The van der Waals surface area contributed by atoms with Crippen LogP contribution in [0.3, 0.4) is 0 Å². The Hall–Kier alpha value is -0.310. The molecule has 64 valence electrons. The molecule has 1 saturated heterocycles. The molecule has 0 aromatic rings. The van der Waals surface area contributed by atoms with Crippen LogP contribution in [0.15, 0.2) is 0 Å². The van der Waals surface area contributed by atoms with E-state index >= 15 is 0 Å². The van der Waals surface area contributed by atoms with Crippen molar-refractivity contribution in [3.63, 3.8) is 0 Å². The first-order valence-electron chi connectivity index (χ1n) is 4.19. The normalized spacial score (nSPS) is 24.6. The van der Waals surface area contributed by atoms with E-state index in [1.165, 1.54) is 12.8 Å². The van der Waals surface area contributed by atoms with Gasteiger partial charge in [0, 0.05) is 12.6 Å². The number of nitrogens with zero attached hydrogens (tertiary/aromatic N) is 1. The number of likely N-dealkylation sites (tertiary alicyclic amines) is 1. The second-order valence-corrected chi connectivity index (χ2v) is 3.90. The molecule has 1 heterocycles. The predicted octanol–water partition coefficient (Wildman–Crippen LogP) is 1.35. The zero-order valence-electron chi connectivity index (χ0n) is 7.21. The SMILES string of the molecule is CC(C)C1CCCN1C(N)=S. The first-order chi connectivity index (χ1) is 5.13. The van der Waals surface area contributed by atoms with Crippen LogP contribution in [-0.2, 0) is 0 Å². The van der Waals surface area contributed by atoms with Crippen molar-refractivity contribution in [1.82, 2.24) is 4.90 Å². The minimum atomic E-state index is 0.571. The average Bonchev–Trinajstić information content (AvgIpc) is 2.32. The van der Waals surface area contributed by atoms with Crippen LogP contribution in [0.2, 0.25) is 0 Å². The lowest BCUT2D eigenvalue weighted by Crippen LogP contribution is -2.41. The molecule has 11 heavy (non-hydrogen) atoms. The smallest absolute Gasteiger partial charge is 0.166 e. The maximum atomic E-state index is 5.58. The van der Waals surface area contributed by atoms with Gasteiger partial charge in [-0.05, 0) is 31.0 Å². The highest BCUT2D eigenvalue weighted by atomic mass is 32.1. The van der Waals surface area contributed by atoms with E-state index in [1.54, 1.807) is 0 Å². The van der Waals surface area contributed by atoms with E-state index in [9.17, 15) is 0 Å². The van der Waals surface area contributed by atoms with Crippen LogP contribution in [0.4, 0.5) is 0 Å². The standard InChI is InChI=1S/C8H16N2S/c1-6(2)7-4-3-5-10(7)8(9)11/h6-7H,3-5H2,1-2H3,(H2,9,11). The summed E-state index contributed by atoms with van der Waals surface area (Å²) in [7, 11) is 0. The van der Waals surface area contributed by atoms with Crippen molar-refractivity contribution in [3.05, 3.63) is 0 Å². The summed E-state index contributed by atoms with van der Waals surface area (Å²) in [6.07, 6.45) is 2.48. The van der Waals surface area contributed by atoms with Crippen LogP contribution in [0.25, 0.3) is 0 Å². The van der Waals surface area contributed by atoms with Crippen molar-refractivity contribution in [3.8, 4) is 0 Å². The summed E-state index contributed by atoms with van der Waals surface area (Å²) in [5.74, 6) is 0.666. The van der Waals surface area contributed by atoms with E-state index in [2.05, 4.69) is 18.7 Å². The average molecular weight is 172 g/mol. The molecule has 1 aliphatic rings. The summed E-state index contributed by atoms with van der Waals surface area (Å²) in [6, 6.07) is 0.590. The summed E-state index contributed by atoms with van der Waals surface area (Å²) < 4.78 is 0. The second-order valence-electron chi connectivity index (χ2n) is 3.49. The minimum absolute atomic E-state index is 0.571. The van der Waals surface area contributed by atoms with E-state index in [-0.39, 0.29) is 0 Å². The van der Waals surface area contributed by atoms with Gasteiger partial charge in [-0.3, -0.25) is 0 Å². The molecular weight excluding hydrogens is 156 g/mol. The summed E-state index contributed by atoms with van der Waals surface area (Å²) >= 11 is 4.96. The van der Waals surface area contributed by atoms with E-state index in [0.717, 1.165) is 6.54 Å². The van der Waals surface area contributed by atoms with Crippen molar-refractivity contribution in [2.45, 2.75) is 32.7 Å². The van der Waals surface area contributed by atoms with Gasteiger partial charge in [-0.1, -0.05) is 13.8 Å². The van der Waals surface area contributed by atoms with Crippen LogP contribution in [0.5, 0.6) is 0 Å². The van der Waals surface area contributed by atoms with Crippen LogP contribution in [0, 0.1) is 5.92 Å². The fourth-order valence-corrected chi connectivity index (χ4v) is 1.99. The highest BCUT2D eigenvalue weighted by Gasteiger charge is 2.27. The molecule has 0 radical (unpaired) electrons. The zero-order valence-corrected chi connectivity index (χ0v) is 8.03. The fraction of sp³-hybridized carbons (Fsp3) is 0.875. The van der Waals surface area contributed by atoms with Crippen LogP contribution in [0.1, 0.15) is 26.7 Å². The molecule has 1 fully saturated rings. The van der Waals surface area contributed by atoms with Gasteiger partial charge in [0.15, 0.2) is 5.11 Å². The number of rotatable bonds is 1. The van der Waals surface area contributed by atoms with Gasteiger partial charge in [-0.25, -0.2) is 0 Å². The van der Waals surface area contributed by atoms with Crippen LogP contribution >= 0.6 is 12.2 Å². The predicted molar refractivity (Wildman–Crippen MR) is 51.4 cm³/mol. The third-order valence-corrected chi connectivity index (χ3v) is 2.59. The molecule has 0 aliphatic carbocycles. The maximum absolute atomic E-state index is 5.58. The lowest BCUT2D eigenvalue weighted by atomic mass is 10.0. The van der Waals surface area contributed by atoms with Gasteiger partial charge >= 0.3 is 0 Å². The van der Waals surface area contributed by atoms with E-state index in [0.29, 0.717) is 17.1 Å². The summed E-state index contributed by atoms with van der Waals surface area (Å²) in [6.45, 7) is 5.50. The Labute approximate surface area is 73.7 Å². The van der Waals surface area contributed by atoms with Gasteiger partial charge in [0.1, 0.15) is 0 Å². The molecule has 1 aliphatic heterocycles. The zero-order chi connectivity index (χ0) is 8.43. The Balaban J connectivity index is 2.58. The van der Waals surface area contributed by atoms with E-state index in [4.69, 9.17) is 18.0 Å². The van der Waals surface area contributed by atoms with Crippen molar-refractivity contribution in [2.24, 2.45) is 11.7 Å². The van der Waals surface area contributed by atoms with Gasteiger partial charge in [0.05, 0.1) is 0 Å². The van der Waals surface area contributed by atoms with Crippen LogP contribution < -0.4 is 5.73 Å². The van der Waals surface area contributed by atoms with Crippen LogP contribution in [-0.4, -0.2) is 22.6 Å². The Morgan fingerprint density at radius 3 is 2.64 bits per heavy atom. The molecule has 2 nitrogen and oxygen atoms in total. The van der Waals surface area contributed by atoms with Crippen molar-refractivity contribution < 1.29 is 0 Å². The molecule has 1 unspecified atom stereocenters. The molecule has 0 saturated carbocycles. The second kappa shape index (κ2) is 3.39. The molecular formula is C8H16N2S. The lowest BCUT2D eigenvalue weighted by molar-refractivity contribution is 0.311. The first kappa shape index (κ1) is 8.78. The fourth-order valence-electron chi connectivity index (χ4n) is 1.76. The Bertz CT molecular complexity index is 156. The van der Waals surface area contributed by atoms with Gasteiger partial charge in [0.2, 0.25) is 0 Å². The van der Waals surface area contributed by atoms with Gasteiger partial charge < -0.3 is 10.6 Å². The molecule has 0 aromatic heterocycles. The first-order valence-corrected chi connectivity index (χ1v) is 4.60. The number of thiocarbonyl (C=S) groups is 1. The quantitative estimate of drug-likeness (QED) is 0.605. The summed E-state index contributed by atoms with van der Waals surface area (Å²) in [4.78, 5) is 2.15. The molecule has 2 N–H and O–H groups in total. The topological polar surface area (TPSA) is 29.3 Å². The van der Waals surface area contributed by atoms with Gasteiger partial charge in [0.25, 0.3) is 0 Å². The minimum Gasteiger partial charge on any atom is -0.376 e. The molecule has 3 heteroatoms. The number of hydrogen-bond donors (Lipinski definition) is 1. The molecule has 0 amide bonds. The Morgan fingerprint density at radius 1 is 1.64 bits per heavy atom. The number of hydrogen-bond acceptors (Lipinski definition) is 1. The largest absolute Gasteiger partial charge is 0.376 e. The highest BCUT2D eigenvalue weighted by molar-refractivity contribution is 7.80. The van der Waals surface area contributed by atoms with Crippen molar-refractivity contribution in [1.29, 1.82) is 0 Å². The maximum Gasteiger partial charge on any atom is 0.166 e. The molecule has 0 aromatic carbocycles. The monoisotopic (exact) mass is 172 g/mol. The van der Waals surface area contributed by atoms with Crippen molar-refractivity contribution >= 4 is 17.3 Å². The molecule has 0 bridgehead atoms. The lowest BCUT2D eigenvalue weighted by Gasteiger charge is -2.27. The third kappa shape index (κ3) is 1.83. The Morgan fingerprint density at radius 2 is 2.27 bits per heavy atom. The van der Waals surface area contributed by atoms with Gasteiger partial charge in [-0.15, -0.1) is 0 Å². The van der Waals surface area contributed by atoms with E-state index in [1.807, 2.05) is 0 Å².